The maximum absolute atomic E-state index is 10.4. The summed E-state index contributed by atoms with van der Waals surface area (Å²) >= 11 is -1.71. The van der Waals surface area contributed by atoms with Crippen molar-refractivity contribution in [2.24, 2.45) is 0 Å². The first-order valence-corrected chi connectivity index (χ1v) is 7.21. The van der Waals surface area contributed by atoms with Crippen LogP contribution in [-0.4, -0.2) is 21.1 Å². The molecule has 1 aromatic rings. The second-order valence-corrected chi connectivity index (χ2v) is 5.16. The van der Waals surface area contributed by atoms with Gasteiger partial charge in [0.15, 0.2) is 11.1 Å². The lowest BCUT2D eigenvalue weighted by molar-refractivity contribution is 0.317. The zero-order chi connectivity index (χ0) is 12.7. The Morgan fingerprint density at radius 3 is 2.53 bits per heavy atom. The quantitative estimate of drug-likeness (QED) is 0.602. The zero-order valence-electron chi connectivity index (χ0n) is 10.4. The lowest BCUT2D eigenvalue weighted by atomic mass is 9.99. The molecule has 0 aliphatic carbocycles. The Balaban J connectivity index is 2.38. The first kappa shape index (κ1) is 14.2. The molecule has 0 radical (unpaired) electrons. The molecule has 0 amide bonds. The molecule has 1 aromatic carbocycles. The Morgan fingerprint density at radius 1 is 1.35 bits per heavy atom. The molecule has 0 aliphatic rings. The van der Waals surface area contributed by atoms with Gasteiger partial charge in [-0.3, -0.25) is 0 Å². The molecule has 2 atom stereocenters. The van der Waals surface area contributed by atoms with Crippen LogP contribution in [0.2, 0.25) is 0 Å². The summed E-state index contributed by atoms with van der Waals surface area (Å²) in [7, 11) is 0. The molecule has 0 aliphatic heterocycles. The molecule has 2 unspecified atom stereocenters. The Kier molecular flexibility index (Phi) is 6.22. The predicted octanol–water partition coefficient (Wildman–Crippen LogP) is 3.19. The molecule has 0 saturated heterocycles. The molecule has 0 heterocycles. The van der Waals surface area contributed by atoms with Gasteiger partial charge in [-0.2, -0.15) is 0 Å². The van der Waals surface area contributed by atoms with Crippen molar-refractivity contribution in [2.75, 3.05) is 12.4 Å². The van der Waals surface area contributed by atoms with E-state index in [0.29, 0.717) is 18.9 Å². The molecule has 3 nitrogen and oxygen atoms in total. The van der Waals surface area contributed by atoms with E-state index in [1.807, 2.05) is 12.1 Å². The van der Waals surface area contributed by atoms with Gasteiger partial charge in [-0.15, -0.1) is 0 Å². The number of hydrogen-bond acceptors (Lipinski definition) is 2. The minimum Gasteiger partial charge on any atom is -0.494 e. The van der Waals surface area contributed by atoms with Crippen molar-refractivity contribution in [1.82, 2.24) is 0 Å². The van der Waals surface area contributed by atoms with Crippen LogP contribution in [0.4, 0.5) is 0 Å². The fourth-order valence-electron chi connectivity index (χ4n) is 1.50. The molecular weight excluding hydrogens is 236 g/mol. The van der Waals surface area contributed by atoms with Crippen molar-refractivity contribution in [1.29, 1.82) is 0 Å². The average Bonchev–Trinajstić information content (AvgIpc) is 2.34. The summed E-state index contributed by atoms with van der Waals surface area (Å²) in [5, 5.41) is 0. The largest absolute Gasteiger partial charge is 0.494 e. The maximum atomic E-state index is 10.4. The van der Waals surface area contributed by atoms with Gasteiger partial charge in [0.1, 0.15) is 5.75 Å². The van der Waals surface area contributed by atoms with Crippen LogP contribution in [0, 0.1) is 0 Å². The van der Waals surface area contributed by atoms with Gasteiger partial charge < -0.3 is 9.29 Å². The molecule has 4 heteroatoms. The summed E-state index contributed by atoms with van der Waals surface area (Å²) < 4.78 is 24.5. The normalized spacial score (nSPS) is 14.3. The van der Waals surface area contributed by atoms with Crippen LogP contribution >= 0.6 is 0 Å². The van der Waals surface area contributed by atoms with Crippen molar-refractivity contribution in [3.8, 4) is 5.75 Å². The summed E-state index contributed by atoms with van der Waals surface area (Å²) in [5.41, 5.74) is 1.32. The molecule has 0 saturated carbocycles. The second-order valence-electron chi connectivity index (χ2n) is 4.11. The van der Waals surface area contributed by atoms with Crippen molar-refractivity contribution in [3.63, 3.8) is 0 Å². The molecule has 17 heavy (non-hydrogen) atoms. The Labute approximate surface area is 105 Å². The summed E-state index contributed by atoms with van der Waals surface area (Å²) in [5.74, 6) is 1.66. The fraction of sp³-hybridized carbons (Fsp3) is 0.538. The van der Waals surface area contributed by atoms with Gasteiger partial charge in [0.05, 0.1) is 12.4 Å². The number of benzene rings is 1. The van der Waals surface area contributed by atoms with E-state index < -0.39 is 11.1 Å². The topological polar surface area (TPSA) is 46.5 Å². The minimum atomic E-state index is -1.71. The first-order valence-electron chi connectivity index (χ1n) is 5.93. The molecule has 0 fully saturated rings. The van der Waals surface area contributed by atoms with E-state index in [-0.39, 0.29) is 5.75 Å². The highest BCUT2D eigenvalue weighted by molar-refractivity contribution is 7.79. The second kappa shape index (κ2) is 7.45. The van der Waals surface area contributed by atoms with Crippen molar-refractivity contribution >= 4 is 11.1 Å². The van der Waals surface area contributed by atoms with Crippen LogP contribution in [0.5, 0.6) is 5.75 Å². The number of ether oxygens (including phenoxy) is 1. The van der Waals surface area contributed by atoms with Gasteiger partial charge in [0.25, 0.3) is 0 Å². The van der Waals surface area contributed by atoms with Crippen LogP contribution < -0.4 is 4.74 Å². The number of hydrogen-bond donors (Lipinski definition) is 1. The third-order valence-electron chi connectivity index (χ3n) is 2.79. The van der Waals surface area contributed by atoms with Crippen molar-refractivity contribution in [2.45, 2.75) is 32.6 Å². The van der Waals surface area contributed by atoms with E-state index in [2.05, 4.69) is 26.0 Å². The molecule has 0 spiro atoms. The van der Waals surface area contributed by atoms with Gasteiger partial charge in [-0.1, -0.05) is 26.0 Å². The van der Waals surface area contributed by atoms with E-state index >= 15 is 0 Å². The highest BCUT2D eigenvalue weighted by atomic mass is 32.2. The highest BCUT2D eigenvalue weighted by Gasteiger charge is 2.02. The smallest absolute Gasteiger partial charge is 0.152 e. The molecular formula is C13H20O3S. The van der Waals surface area contributed by atoms with E-state index in [1.54, 1.807) is 0 Å². The third kappa shape index (κ3) is 5.33. The molecule has 96 valence electrons. The highest BCUT2D eigenvalue weighted by Crippen LogP contribution is 2.21. The van der Waals surface area contributed by atoms with Gasteiger partial charge in [0, 0.05) is 0 Å². The van der Waals surface area contributed by atoms with Crippen LogP contribution in [0.1, 0.15) is 38.2 Å². The van der Waals surface area contributed by atoms with Gasteiger partial charge in [0.2, 0.25) is 0 Å². The lowest BCUT2D eigenvalue weighted by Crippen LogP contribution is -2.03. The summed E-state index contributed by atoms with van der Waals surface area (Å²) in [4.78, 5) is 0. The van der Waals surface area contributed by atoms with Crippen LogP contribution in [0.3, 0.4) is 0 Å². The average molecular weight is 256 g/mol. The maximum Gasteiger partial charge on any atom is 0.152 e. The Hall–Kier alpha value is -0.870. The van der Waals surface area contributed by atoms with Gasteiger partial charge in [-0.05, 0) is 36.5 Å². The van der Waals surface area contributed by atoms with Crippen molar-refractivity contribution < 1.29 is 13.5 Å². The SMILES string of the molecule is CCC(C)c1ccc(OCCCS(=O)O)cc1. The van der Waals surface area contributed by atoms with Gasteiger partial charge >= 0.3 is 0 Å². The summed E-state index contributed by atoms with van der Waals surface area (Å²) in [6, 6.07) is 8.07. The molecule has 0 aromatic heterocycles. The van der Waals surface area contributed by atoms with Crippen LogP contribution in [0.25, 0.3) is 0 Å². The monoisotopic (exact) mass is 256 g/mol. The lowest BCUT2D eigenvalue weighted by Gasteiger charge is -2.10. The molecule has 1 N–H and O–H groups in total. The van der Waals surface area contributed by atoms with E-state index in [9.17, 15) is 4.21 Å². The number of rotatable bonds is 7. The summed E-state index contributed by atoms with van der Waals surface area (Å²) in [6.45, 7) is 4.85. The predicted molar refractivity (Wildman–Crippen MR) is 70.9 cm³/mol. The standard InChI is InChI=1S/C13H20O3S/c1-3-11(2)12-5-7-13(8-6-12)16-9-4-10-17(14)15/h5-8,11H,3-4,9-10H2,1-2H3,(H,14,15). The summed E-state index contributed by atoms with van der Waals surface area (Å²) in [6.07, 6.45) is 1.72. The van der Waals surface area contributed by atoms with Gasteiger partial charge in [-0.25, -0.2) is 4.21 Å². The van der Waals surface area contributed by atoms with Crippen molar-refractivity contribution in [3.05, 3.63) is 29.8 Å². The Morgan fingerprint density at radius 2 is 2.00 bits per heavy atom. The fourth-order valence-corrected chi connectivity index (χ4v) is 1.87. The Bertz CT molecular complexity index is 348. The third-order valence-corrected chi connectivity index (χ3v) is 3.43. The van der Waals surface area contributed by atoms with E-state index in [4.69, 9.17) is 9.29 Å². The van der Waals surface area contributed by atoms with Crippen LogP contribution in [0.15, 0.2) is 24.3 Å². The van der Waals surface area contributed by atoms with Crippen LogP contribution in [-0.2, 0) is 11.1 Å². The molecule has 0 bridgehead atoms. The van der Waals surface area contributed by atoms with E-state index in [1.165, 1.54) is 5.56 Å². The minimum absolute atomic E-state index is 0.269. The zero-order valence-corrected chi connectivity index (χ0v) is 11.2. The van der Waals surface area contributed by atoms with E-state index in [0.717, 1.165) is 12.2 Å². The molecule has 1 rings (SSSR count). The first-order chi connectivity index (χ1) is 8.13.